The van der Waals surface area contributed by atoms with Crippen molar-refractivity contribution in [2.45, 2.75) is 93.7 Å². The zero-order chi connectivity index (χ0) is 52.0. The topological polar surface area (TPSA) is 197 Å². The van der Waals surface area contributed by atoms with Crippen LogP contribution in [-0.2, 0) is 52.7 Å². The molecule has 4 fully saturated rings. The predicted octanol–water partition coefficient (Wildman–Crippen LogP) is 4.50. The van der Waals surface area contributed by atoms with Crippen LogP contribution in [0.3, 0.4) is 0 Å². The Kier molecular flexibility index (Phi) is 13.8. The highest BCUT2D eigenvalue weighted by atomic mass is 19.4. The summed E-state index contributed by atoms with van der Waals surface area (Å²) in [5.74, 6) is -3.27. The minimum Gasteiger partial charge on any atom is -0.351 e. The number of aryl methyl sites for hydroxylation is 2. The SMILES string of the molecule is Cn1nnc2c1CCC(CNC(=O)C1CC(C(F)(F)F)CN1C(=O)C1CC(c3ccccc3)CN1)=C2c1cccc(C2CNC(C(=O)N3CC(Cc4ccncc4)CC3C(=O)NCc3ccc4c(c3)nnn4C)C2)c1. The minimum atomic E-state index is -4.58. The number of carbonyl (C=O) groups is 4. The third-order valence-corrected chi connectivity index (χ3v) is 16.2. The molecule has 4 saturated heterocycles. The molecular formula is C55H60F3N13O4. The number of hydrogen-bond donors (Lipinski definition) is 4. The number of carbonyl (C=O) groups excluding carboxylic acids is 4. The number of amides is 4. The predicted molar refractivity (Wildman–Crippen MR) is 271 cm³/mol. The van der Waals surface area contributed by atoms with Crippen molar-refractivity contribution in [3.05, 3.63) is 142 Å². The van der Waals surface area contributed by atoms with Gasteiger partial charge in [-0.05, 0) is 120 Å². The Morgan fingerprint density at radius 1 is 0.680 bits per heavy atom. The van der Waals surface area contributed by atoms with E-state index in [1.165, 1.54) is 0 Å². The van der Waals surface area contributed by atoms with Gasteiger partial charge in [-0.3, -0.25) is 28.8 Å². The fourth-order valence-electron chi connectivity index (χ4n) is 12.2. The quantitative estimate of drug-likeness (QED) is 0.127. The monoisotopic (exact) mass is 1020 g/mol. The van der Waals surface area contributed by atoms with Gasteiger partial charge in [-0.1, -0.05) is 71.1 Å². The van der Waals surface area contributed by atoms with Crippen molar-refractivity contribution in [1.82, 2.24) is 66.0 Å². The first kappa shape index (κ1) is 49.9. The van der Waals surface area contributed by atoms with Gasteiger partial charge in [-0.15, -0.1) is 10.2 Å². The van der Waals surface area contributed by atoms with Crippen molar-refractivity contribution in [2.75, 3.05) is 32.7 Å². The van der Waals surface area contributed by atoms with E-state index in [9.17, 15) is 32.3 Å². The van der Waals surface area contributed by atoms with Crippen LogP contribution >= 0.6 is 0 Å². The van der Waals surface area contributed by atoms with Gasteiger partial charge in [0.2, 0.25) is 23.6 Å². The van der Waals surface area contributed by atoms with Gasteiger partial charge >= 0.3 is 6.18 Å². The van der Waals surface area contributed by atoms with Gasteiger partial charge < -0.3 is 31.1 Å². The number of hydrogen-bond acceptors (Lipinski definition) is 11. The van der Waals surface area contributed by atoms with Crippen LogP contribution < -0.4 is 21.3 Å². The lowest BCUT2D eigenvalue weighted by Crippen LogP contribution is -2.51. The summed E-state index contributed by atoms with van der Waals surface area (Å²) < 4.78 is 46.4. The molecule has 4 amide bonds. The van der Waals surface area contributed by atoms with Crippen molar-refractivity contribution in [2.24, 2.45) is 25.9 Å². The number of halogens is 3. The molecule has 3 aromatic carbocycles. The number of likely N-dealkylation sites (tertiary alicyclic amines) is 2. The van der Waals surface area contributed by atoms with Gasteiger partial charge in [-0.25, -0.2) is 4.68 Å². The van der Waals surface area contributed by atoms with Crippen LogP contribution in [0.1, 0.15) is 83.1 Å². The van der Waals surface area contributed by atoms with Crippen LogP contribution in [0, 0.1) is 11.8 Å². The molecule has 7 heterocycles. The van der Waals surface area contributed by atoms with Crippen LogP contribution in [0.5, 0.6) is 0 Å². The lowest BCUT2D eigenvalue weighted by Gasteiger charge is -2.27. The Hall–Kier alpha value is -7.32. The number of pyridine rings is 1. The molecule has 75 heavy (non-hydrogen) atoms. The average molecular weight is 1020 g/mol. The molecule has 20 heteroatoms. The molecule has 4 aliphatic heterocycles. The molecule has 8 atom stereocenters. The number of nitrogens with zero attached hydrogens (tertiary/aromatic N) is 9. The Morgan fingerprint density at radius 2 is 1.35 bits per heavy atom. The van der Waals surface area contributed by atoms with Crippen molar-refractivity contribution in [3.63, 3.8) is 0 Å². The first-order valence-electron chi connectivity index (χ1n) is 25.9. The Morgan fingerprint density at radius 3 is 2.08 bits per heavy atom. The highest BCUT2D eigenvalue weighted by Crippen LogP contribution is 2.40. The van der Waals surface area contributed by atoms with E-state index in [1.807, 2.05) is 93.0 Å². The van der Waals surface area contributed by atoms with E-state index in [4.69, 9.17) is 0 Å². The molecule has 4 N–H and O–H groups in total. The Labute approximate surface area is 431 Å². The van der Waals surface area contributed by atoms with Gasteiger partial charge in [-0.2, -0.15) is 13.2 Å². The highest BCUT2D eigenvalue weighted by molar-refractivity contribution is 5.92. The summed E-state index contributed by atoms with van der Waals surface area (Å²) in [6, 6.07) is 24.2. The lowest BCUT2D eigenvalue weighted by atomic mass is 9.85. The second-order valence-corrected chi connectivity index (χ2v) is 20.9. The van der Waals surface area contributed by atoms with Crippen LogP contribution in [-0.4, -0.2) is 131 Å². The number of nitrogens with one attached hydrogen (secondary N) is 4. The second kappa shape index (κ2) is 20.8. The normalized spacial score (nSPS) is 24.8. The summed E-state index contributed by atoms with van der Waals surface area (Å²) in [5.41, 5.74) is 9.63. The molecule has 0 radical (unpaired) electrons. The van der Waals surface area contributed by atoms with Gasteiger partial charge in [0.15, 0.2) is 0 Å². The molecule has 6 aromatic rings. The molecular weight excluding hydrogens is 964 g/mol. The zero-order valence-electron chi connectivity index (χ0n) is 41.8. The first-order valence-corrected chi connectivity index (χ1v) is 25.9. The highest BCUT2D eigenvalue weighted by Gasteiger charge is 2.52. The number of rotatable bonds is 13. The average Bonchev–Trinajstić information content (AvgIpc) is 4.31. The molecule has 390 valence electrons. The van der Waals surface area contributed by atoms with Crippen LogP contribution in [0.25, 0.3) is 16.6 Å². The maximum atomic E-state index is 14.7. The third kappa shape index (κ3) is 10.3. The van der Waals surface area contributed by atoms with Crippen LogP contribution in [0.15, 0.2) is 103 Å². The number of aromatic nitrogens is 7. The molecule has 0 spiro atoms. The van der Waals surface area contributed by atoms with E-state index in [0.29, 0.717) is 63.9 Å². The van der Waals surface area contributed by atoms with Gasteiger partial charge in [0, 0.05) is 71.3 Å². The summed E-state index contributed by atoms with van der Waals surface area (Å²) in [7, 11) is 3.65. The molecule has 17 nitrogen and oxygen atoms in total. The van der Waals surface area contributed by atoms with Crippen molar-refractivity contribution in [1.29, 1.82) is 0 Å². The van der Waals surface area contributed by atoms with Gasteiger partial charge in [0.25, 0.3) is 0 Å². The van der Waals surface area contributed by atoms with E-state index in [2.05, 4.69) is 52.9 Å². The molecule has 1 aliphatic carbocycles. The van der Waals surface area contributed by atoms with E-state index in [-0.39, 0.29) is 42.7 Å². The number of benzene rings is 3. The fraction of sp³-hybridized carbons (Fsp3) is 0.436. The molecule has 3 aromatic heterocycles. The summed E-state index contributed by atoms with van der Waals surface area (Å²) in [6.07, 6.45) is 1.66. The smallest absolute Gasteiger partial charge is 0.351 e. The van der Waals surface area contributed by atoms with Crippen molar-refractivity contribution in [3.8, 4) is 0 Å². The Bertz CT molecular complexity index is 3140. The summed E-state index contributed by atoms with van der Waals surface area (Å²) in [6.45, 7) is 1.19. The maximum absolute atomic E-state index is 14.7. The lowest BCUT2D eigenvalue weighted by molar-refractivity contribution is -0.171. The molecule has 11 rings (SSSR count). The summed E-state index contributed by atoms with van der Waals surface area (Å²) >= 11 is 0. The molecule has 8 unspecified atom stereocenters. The molecule has 0 bridgehead atoms. The second-order valence-electron chi connectivity index (χ2n) is 20.9. The van der Waals surface area contributed by atoms with Crippen LogP contribution in [0.2, 0.25) is 0 Å². The van der Waals surface area contributed by atoms with Crippen molar-refractivity contribution < 1.29 is 32.3 Å². The molecule has 0 saturated carbocycles. The molecule has 5 aliphatic rings. The van der Waals surface area contributed by atoms with Gasteiger partial charge in [0.05, 0.1) is 29.2 Å². The summed E-state index contributed by atoms with van der Waals surface area (Å²) in [4.78, 5) is 64.0. The van der Waals surface area contributed by atoms with E-state index < -0.39 is 61.0 Å². The van der Waals surface area contributed by atoms with Crippen LogP contribution in [0.4, 0.5) is 13.2 Å². The number of fused-ring (bicyclic) bond motifs is 2. The first-order chi connectivity index (χ1) is 36.2. The zero-order valence-corrected chi connectivity index (χ0v) is 41.8. The van der Waals surface area contributed by atoms with Crippen molar-refractivity contribution >= 4 is 40.2 Å². The largest absolute Gasteiger partial charge is 0.393 e. The van der Waals surface area contributed by atoms with E-state index >= 15 is 0 Å². The van der Waals surface area contributed by atoms with E-state index in [1.54, 1.807) is 26.7 Å². The standard InChI is InChI=1S/C55H60F3N13O4/c1-68-45-13-11-33(20-42(45)64-66-68)26-62-51(72)47-21-34(19-32-15-17-59-18-16-32)30-70(47)53(74)44-24-40(29-61-44)36-9-6-10-37(22-36)49-38(12-14-46-50(49)65-67-69(46)2)27-63-52(73)48-25-41(55(56,57)58)31-71(48)54(75)43-23-39(28-60-43)35-7-4-3-5-8-35/h3-11,13,15-18,20,22,34,39-41,43-44,47-48,60-61H,12,14,19,21,23-31H2,1-2H3,(H,62,72)(H,63,73). The fourth-order valence-corrected chi connectivity index (χ4v) is 12.2. The van der Waals surface area contributed by atoms with E-state index in [0.717, 1.165) is 60.6 Å². The number of alkyl halides is 3. The third-order valence-electron chi connectivity index (χ3n) is 16.2. The maximum Gasteiger partial charge on any atom is 0.393 e. The van der Waals surface area contributed by atoms with Gasteiger partial charge in [0.1, 0.15) is 23.3 Å². The Balaban J connectivity index is 0.791. The minimum absolute atomic E-state index is 0.0211. The summed E-state index contributed by atoms with van der Waals surface area (Å²) in [5, 5.41) is 30.0.